The summed E-state index contributed by atoms with van der Waals surface area (Å²) < 4.78 is 38.2. The van der Waals surface area contributed by atoms with Crippen molar-refractivity contribution in [3.05, 3.63) is 36.4 Å². The van der Waals surface area contributed by atoms with Crippen LogP contribution in [0.2, 0.25) is 0 Å². The zero-order valence-corrected chi connectivity index (χ0v) is 15.7. The van der Waals surface area contributed by atoms with Gasteiger partial charge in [-0.1, -0.05) is 12.1 Å². The van der Waals surface area contributed by atoms with E-state index >= 15 is 0 Å². The number of hydrogen-bond donors (Lipinski definition) is 1. The van der Waals surface area contributed by atoms with E-state index in [0.29, 0.717) is 55.6 Å². The quantitative estimate of drug-likeness (QED) is 0.740. The molecule has 0 aliphatic carbocycles. The number of rotatable bonds is 7. The minimum Gasteiger partial charge on any atom is -0.449 e. The number of sulfonamides is 1. The van der Waals surface area contributed by atoms with Crippen molar-refractivity contribution in [1.29, 1.82) is 0 Å². The first-order valence-electron chi connectivity index (χ1n) is 8.85. The highest BCUT2D eigenvalue weighted by atomic mass is 32.2. The topological polar surface area (TPSA) is 98.7 Å². The van der Waals surface area contributed by atoms with Crippen LogP contribution in [0.25, 0.3) is 11.3 Å². The molecule has 0 spiro atoms. The standard InChI is InChI=1S/C18H25N3O4S/c1-14-20-18(13-25-14)15-3-5-17(6-4-15)26(22,23)21-10-7-16(8-11-21)24-12-2-9-19/h3-6,13,16H,2,7-12,19H2,1H3. The average molecular weight is 379 g/mol. The molecule has 0 bridgehead atoms. The molecule has 7 nitrogen and oxygen atoms in total. The summed E-state index contributed by atoms with van der Waals surface area (Å²) in [5.74, 6) is 0.577. The summed E-state index contributed by atoms with van der Waals surface area (Å²) >= 11 is 0. The monoisotopic (exact) mass is 379 g/mol. The molecular formula is C18H25N3O4S. The smallest absolute Gasteiger partial charge is 0.243 e. The lowest BCUT2D eigenvalue weighted by atomic mass is 10.1. The maximum atomic E-state index is 12.8. The van der Waals surface area contributed by atoms with Crippen molar-refractivity contribution in [2.45, 2.75) is 37.2 Å². The SMILES string of the molecule is Cc1nc(-c2ccc(S(=O)(=O)N3CCC(OCCCN)CC3)cc2)co1. The zero-order valence-electron chi connectivity index (χ0n) is 14.9. The van der Waals surface area contributed by atoms with Crippen LogP contribution in [-0.2, 0) is 14.8 Å². The van der Waals surface area contributed by atoms with E-state index in [1.807, 2.05) is 0 Å². The molecule has 3 rings (SSSR count). The fourth-order valence-corrected chi connectivity index (χ4v) is 4.48. The van der Waals surface area contributed by atoms with Crippen LogP contribution in [-0.4, -0.2) is 50.1 Å². The largest absolute Gasteiger partial charge is 0.449 e. The van der Waals surface area contributed by atoms with Gasteiger partial charge in [-0.2, -0.15) is 4.31 Å². The molecule has 0 radical (unpaired) electrons. The Hall–Kier alpha value is -1.74. The van der Waals surface area contributed by atoms with Gasteiger partial charge < -0.3 is 14.9 Å². The molecule has 0 atom stereocenters. The van der Waals surface area contributed by atoms with E-state index in [1.54, 1.807) is 37.5 Å². The first kappa shape index (κ1) is 19.0. The van der Waals surface area contributed by atoms with Crippen molar-refractivity contribution in [1.82, 2.24) is 9.29 Å². The van der Waals surface area contributed by atoms with E-state index in [4.69, 9.17) is 14.9 Å². The van der Waals surface area contributed by atoms with Gasteiger partial charge in [0.15, 0.2) is 5.89 Å². The van der Waals surface area contributed by atoms with Crippen LogP contribution in [0.5, 0.6) is 0 Å². The molecule has 2 N–H and O–H groups in total. The van der Waals surface area contributed by atoms with E-state index < -0.39 is 10.0 Å². The van der Waals surface area contributed by atoms with Crippen molar-refractivity contribution >= 4 is 10.0 Å². The second-order valence-electron chi connectivity index (χ2n) is 6.39. The number of ether oxygens (including phenoxy) is 1. The van der Waals surface area contributed by atoms with Crippen LogP contribution in [0.4, 0.5) is 0 Å². The molecule has 1 aliphatic rings. The van der Waals surface area contributed by atoms with Gasteiger partial charge in [0.1, 0.15) is 12.0 Å². The van der Waals surface area contributed by atoms with E-state index in [9.17, 15) is 8.42 Å². The van der Waals surface area contributed by atoms with Crippen molar-refractivity contribution < 1.29 is 17.6 Å². The predicted octanol–water partition coefficient (Wildman–Crippen LogP) is 2.17. The Labute approximate surface area is 154 Å². The fraction of sp³-hybridized carbons (Fsp3) is 0.500. The highest BCUT2D eigenvalue weighted by Gasteiger charge is 2.29. The van der Waals surface area contributed by atoms with Gasteiger partial charge in [-0.05, 0) is 37.9 Å². The Kier molecular flexibility index (Phi) is 6.08. The molecule has 2 aromatic rings. The van der Waals surface area contributed by atoms with Crippen LogP contribution in [0.3, 0.4) is 0 Å². The van der Waals surface area contributed by atoms with Crippen LogP contribution >= 0.6 is 0 Å². The number of nitrogens with zero attached hydrogens (tertiary/aromatic N) is 2. The van der Waals surface area contributed by atoms with Crippen LogP contribution in [0.15, 0.2) is 39.8 Å². The number of benzene rings is 1. The minimum absolute atomic E-state index is 0.116. The molecule has 1 fully saturated rings. The highest BCUT2D eigenvalue weighted by Crippen LogP contribution is 2.25. The van der Waals surface area contributed by atoms with Gasteiger partial charge in [0.05, 0.1) is 11.0 Å². The Morgan fingerprint density at radius 3 is 2.54 bits per heavy atom. The third-order valence-electron chi connectivity index (χ3n) is 4.51. The van der Waals surface area contributed by atoms with E-state index in [-0.39, 0.29) is 6.10 Å². The summed E-state index contributed by atoms with van der Waals surface area (Å²) in [7, 11) is -3.49. The molecule has 0 amide bonds. The summed E-state index contributed by atoms with van der Waals surface area (Å²) in [4.78, 5) is 4.55. The van der Waals surface area contributed by atoms with Crippen LogP contribution < -0.4 is 5.73 Å². The lowest BCUT2D eigenvalue weighted by molar-refractivity contribution is 0.0209. The summed E-state index contributed by atoms with van der Waals surface area (Å²) in [5, 5.41) is 0. The van der Waals surface area contributed by atoms with Crippen molar-refractivity contribution in [3.8, 4) is 11.3 Å². The number of aryl methyl sites for hydroxylation is 1. The number of oxazole rings is 1. The van der Waals surface area contributed by atoms with E-state index in [1.165, 1.54) is 4.31 Å². The molecule has 8 heteroatoms. The number of aromatic nitrogens is 1. The molecule has 2 heterocycles. The second kappa shape index (κ2) is 8.30. The number of hydrogen-bond acceptors (Lipinski definition) is 6. The lowest BCUT2D eigenvalue weighted by Gasteiger charge is -2.31. The maximum absolute atomic E-state index is 12.8. The summed E-state index contributed by atoms with van der Waals surface area (Å²) in [6.07, 6.45) is 3.93. The molecule has 0 unspecified atom stereocenters. The third-order valence-corrected chi connectivity index (χ3v) is 6.42. The number of nitrogens with two attached hydrogens (primary N) is 1. The van der Waals surface area contributed by atoms with Gasteiger partial charge in [-0.15, -0.1) is 0 Å². The molecule has 0 saturated carbocycles. The molecule has 1 aromatic heterocycles. The summed E-state index contributed by atoms with van der Waals surface area (Å²) in [6.45, 7) is 3.96. The van der Waals surface area contributed by atoms with Crippen LogP contribution in [0.1, 0.15) is 25.2 Å². The van der Waals surface area contributed by atoms with Crippen molar-refractivity contribution in [2.75, 3.05) is 26.2 Å². The lowest BCUT2D eigenvalue weighted by Crippen LogP contribution is -2.40. The Morgan fingerprint density at radius 1 is 1.27 bits per heavy atom. The van der Waals surface area contributed by atoms with Crippen molar-refractivity contribution in [2.24, 2.45) is 5.73 Å². The second-order valence-corrected chi connectivity index (χ2v) is 8.33. The molecule has 142 valence electrons. The van der Waals surface area contributed by atoms with Crippen molar-refractivity contribution in [3.63, 3.8) is 0 Å². The molecular weight excluding hydrogens is 354 g/mol. The van der Waals surface area contributed by atoms with Gasteiger partial charge in [0.25, 0.3) is 0 Å². The first-order valence-corrected chi connectivity index (χ1v) is 10.3. The van der Waals surface area contributed by atoms with Crippen LogP contribution in [0, 0.1) is 6.92 Å². The molecule has 26 heavy (non-hydrogen) atoms. The Bertz CT molecular complexity index is 809. The van der Waals surface area contributed by atoms with Gasteiger partial charge in [-0.3, -0.25) is 0 Å². The van der Waals surface area contributed by atoms with E-state index in [0.717, 1.165) is 12.0 Å². The first-order chi connectivity index (χ1) is 12.5. The Morgan fingerprint density at radius 2 is 1.96 bits per heavy atom. The van der Waals surface area contributed by atoms with Gasteiger partial charge in [-0.25, -0.2) is 13.4 Å². The predicted molar refractivity (Wildman–Crippen MR) is 98.1 cm³/mol. The Balaban J connectivity index is 1.63. The molecule has 1 saturated heterocycles. The van der Waals surface area contributed by atoms with Gasteiger partial charge >= 0.3 is 0 Å². The molecule has 1 aliphatic heterocycles. The maximum Gasteiger partial charge on any atom is 0.243 e. The number of piperidine rings is 1. The van der Waals surface area contributed by atoms with Gasteiger partial charge in [0, 0.05) is 32.2 Å². The van der Waals surface area contributed by atoms with Gasteiger partial charge in [0.2, 0.25) is 10.0 Å². The fourth-order valence-electron chi connectivity index (χ4n) is 3.02. The zero-order chi connectivity index (χ0) is 18.6. The average Bonchev–Trinajstić information content (AvgIpc) is 3.09. The normalized spacial score (nSPS) is 16.8. The minimum atomic E-state index is -3.49. The highest BCUT2D eigenvalue weighted by molar-refractivity contribution is 7.89. The van der Waals surface area contributed by atoms with E-state index in [2.05, 4.69) is 4.98 Å². The third kappa shape index (κ3) is 4.32. The summed E-state index contributed by atoms with van der Waals surface area (Å²) in [5.41, 5.74) is 6.98. The summed E-state index contributed by atoms with van der Waals surface area (Å²) in [6, 6.07) is 6.76. The molecule has 1 aromatic carbocycles.